The second-order valence-electron chi connectivity index (χ2n) is 5.45. The Morgan fingerprint density at radius 3 is 2.89 bits per heavy atom. The molecule has 0 amide bonds. The standard InChI is InChI=1S/C14H21N3O/c1-10-17-12-5-4-11(8-13(12)18-10)6-7-16-9-14(2,3)15/h4-5,8,16H,6-7,9,15H2,1-3H3. The van der Waals surface area contributed by atoms with Gasteiger partial charge in [0.15, 0.2) is 11.5 Å². The highest BCUT2D eigenvalue weighted by atomic mass is 16.3. The maximum absolute atomic E-state index is 5.91. The minimum Gasteiger partial charge on any atom is -0.441 e. The number of oxazole rings is 1. The van der Waals surface area contributed by atoms with Crippen LogP contribution in [0.15, 0.2) is 22.6 Å². The molecule has 1 aromatic heterocycles. The van der Waals surface area contributed by atoms with Crippen LogP contribution in [0.3, 0.4) is 0 Å². The van der Waals surface area contributed by atoms with Crippen molar-refractivity contribution in [2.24, 2.45) is 5.73 Å². The molecule has 2 aromatic rings. The van der Waals surface area contributed by atoms with Crippen molar-refractivity contribution in [1.82, 2.24) is 10.3 Å². The number of aryl methyl sites for hydroxylation is 1. The molecule has 0 radical (unpaired) electrons. The first-order valence-electron chi connectivity index (χ1n) is 6.30. The summed E-state index contributed by atoms with van der Waals surface area (Å²) in [6.07, 6.45) is 0.964. The summed E-state index contributed by atoms with van der Waals surface area (Å²) in [7, 11) is 0. The van der Waals surface area contributed by atoms with E-state index in [0.29, 0.717) is 5.89 Å². The number of hydrogen-bond donors (Lipinski definition) is 2. The van der Waals surface area contributed by atoms with Crippen LogP contribution >= 0.6 is 0 Å². The number of nitrogens with two attached hydrogens (primary N) is 1. The van der Waals surface area contributed by atoms with Gasteiger partial charge in [-0.15, -0.1) is 0 Å². The number of fused-ring (bicyclic) bond motifs is 1. The third kappa shape index (κ3) is 3.55. The van der Waals surface area contributed by atoms with Crippen molar-refractivity contribution in [2.45, 2.75) is 32.7 Å². The maximum Gasteiger partial charge on any atom is 0.192 e. The predicted molar refractivity (Wildman–Crippen MR) is 73.6 cm³/mol. The van der Waals surface area contributed by atoms with Crippen molar-refractivity contribution < 1.29 is 4.42 Å². The fourth-order valence-electron chi connectivity index (χ4n) is 1.88. The molecule has 18 heavy (non-hydrogen) atoms. The molecule has 0 fully saturated rings. The quantitative estimate of drug-likeness (QED) is 0.793. The van der Waals surface area contributed by atoms with Crippen molar-refractivity contribution in [1.29, 1.82) is 0 Å². The van der Waals surface area contributed by atoms with Gasteiger partial charge in [0.2, 0.25) is 0 Å². The van der Waals surface area contributed by atoms with Gasteiger partial charge in [-0.1, -0.05) is 6.07 Å². The number of benzene rings is 1. The monoisotopic (exact) mass is 247 g/mol. The molecule has 0 atom stereocenters. The molecular weight excluding hydrogens is 226 g/mol. The van der Waals surface area contributed by atoms with Gasteiger partial charge in [-0.3, -0.25) is 0 Å². The predicted octanol–water partition coefficient (Wildman–Crippen LogP) is 2.01. The summed E-state index contributed by atoms with van der Waals surface area (Å²) < 4.78 is 5.52. The Bertz CT molecular complexity index is 525. The molecule has 0 aliphatic heterocycles. The zero-order valence-electron chi connectivity index (χ0n) is 11.3. The van der Waals surface area contributed by atoms with Crippen molar-refractivity contribution in [3.63, 3.8) is 0 Å². The SMILES string of the molecule is Cc1nc2ccc(CCNCC(C)(C)N)cc2o1. The maximum atomic E-state index is 5.91. The van der Waals surface area contributed by atoms with E-state index in [9.17, 15) is 0 Å². The summed E-state index contributed by atoms with van der Waals surface area (Å²) in [6.45, 7) is 7.63. The Morgan fingerprint density at radius 1 is 1.39 bits per heavy atom. The van der Waals surface area contributed by atoms with Crippen LogP contribution in [0.5, 0.6) is 0 Å². The lowest BCUT2D eigenvalue weighted by Gasteiger charge is -2.18. The molecule has 0 aliphatic rings. The molecule has 4 heteroatoms. The molecule has 98 valence electrons. The van der Waals surface area contributed by atoms with Crippen molar-refractivity contribution >= 4 is 11.1 Å². The van der Waals surface area contributed by atoms with Gasteiger partial charge in [-0.2, -0.15) is 0 Å². The highest BCUT2D eigenvalue weighted by molar-refractivity contribution is 5.73. The fraction of sp³-hybridized carbons (Fsp3) is 0.500. The highest BCUT2D eigenvalue weighted by Gasteiger charge is 2.09. The zero-order valence-corrected chi connectivity index (χ0v) is 11.3. The molecular formula is C14H21N3O. The Balaban J connectivity index is 1.91. The van der Waals surface area contributed by atoms with Crippen LogP contribution in [0.4, 0.5) is 0 Å². The molecule has 2 rings (SSSR count). The van der Waals surface area contributed by atoms with Gasteiger partial charge in [0.25, 0.3) is 0 Å². The second-order valence-corrected chi connectivity index (χ2v) is 5.45. The smallest absolute Gasteiger partial charge is 0.192 e. The van der Waals surface area contributed by atoms with E-state index in [1.165, 1.54) is 5.56 Å². The van der Waals surface area contributed by atoms with Gasteiger partial charge in [0.1, 0.15) is 5.52 Å². The minimum atomic E-state index is -0.161. The fourth-order valence-corrected chi connectivity index (χ4v) is 1.88. The summed E-state index contributed by atoms with van der Waals surface area (Å²) in [4.78, 5) is 4.28. The van der Waals surface area contributed by atoms with E-state index in [4.69, 9.17) is 10.2 Å². The number of hydrogen-bond acceptors (Lipinski definition) is 4. The number of rotatable bonds is 5. The second kappa shape index (κ2) is 5.08. The molecule has 0 bridgehead atoms. The topological polar surface area (TPSA) is 64.1 Å². The van der Waals surface area contributed by atoms with Crippen LogP contribution in [0.2, 0.25) is 0 Å². The zero-order chi connectivity index (χ0) is 13.2. The van der Waals surface area contributed by atoms with Crippen molar-refractivity contribution in [3.05, 3.63) is 29.7 Å². The van der Waals surface area contributed by atoms with Crippen LogP contribution in [-0.2, 0) is 6.42 Å². The first-order valence-corrected chi connectivity index (χ1v) is 6.30. The van der Waals surface area contributed by atoms with Gasteiger partial charge in [-0.05, 0) is 44.5 Å². The van der Waals surface area contributed by atoms with E-state index < -0.39 is 0 Å². The molecule has 3 N–H and O–H groups in total. The summed E-state index contributed by atoms with van der Waals surface area (Å²) in [5, 5.41) is 3.36. The van der Waals surface area contributed by atoms with E-state index in [1.807, 2.05) is 26.8 Å². The normalized spacial score (nSPS) is 12.2. The van der Waals surface area contributed by atoms with Crippen molar-refractivity contribution in [2.75, 3.05) is 13.1 Å². The molecule has 1 heterocycles. The minimum absolute atomic E-state index is 0.161. The lowest BCUT2D eigenvalue weighted by molar-refractivity contribution is 0.469. The molecule has 0 aliphatic carbocycles. The third-order valence-corrected chi connectivity index (χ3v) is 2.73. The van der Waals surface area contributed by atoms with E-state index >= 15 is 0 Å². The molecule has 0 saturated carbocycles. The van der Waals surface area contributed by atoms with Gasteiger partial charge in [0.05, 0.1) is 0 Å². The van der Waals surface area contributed by atoms with E-state index in [-0.39, 0.29) is 5.54 Å². The van der Waals surface area contributed by atoms with Crippen LogP contribution in [-0.4, -0.2) is 23.6 Å². The Labute approximate surface area is 108 Å². The van der Waals surface area contributed by atoms with E-state index in [0.717, 1.165) is 30.6 Å². The van der Waals surface area contributed by atoms with E-state index in [1.54, 1.807) is 0 Å². The van der Waals surface area contributed by atoms with Crippen LogP contribution < -0.4 is 11.1 Å². The third-order valence-electron chi connectivity index (χ3n) is 2.73. The van der Waals surface area contributed by atoms with Crippen LogP contribution in [0.1, 0.15) is 25.3 Å². The summed E-state index contributed by atoms with van der Waals surface area (Å²) in [5.74, 6) is 0.713. The summed E-state index contributed by atoms with van der Waals surface area (Å²) >= 11 is 0. The molecule has 0 unspecified atom stereocenters. The average Bonchev–Trinajstić information content (AvgIpc) is 2.62. The lowest BCUT2D eigenvalue weighted by atomic mass is 10.1. The number of nitrogens with one attached hydrogen (secondary N) is 1. The number of aromatic nitrogens is 1. The van der Waals surface area contributed by atoms with Gasteiger partial charge in [-0.25, -0.2) is 4.98 Å². The molecule has 0 spiro atoms. The highest BCUT2D eigenvalue weighted by Crippen LogP contribution is 2.16. The number of nitrogens with zero attached hydrogens (tertiary/aromatic N) is 1. The van der Waals surface area contributed by atoms with Gasteiger partial charge in [0, 0.05) is 19.0 Å². The average molecular weight is 247 g/mol. The molecule has 1 aromatic carbocycles. The van der Waals surface area contributed by atoms with Crippen LogP contribution in [0, 0.1) is 6.92 Å². The summed E-state index contributed by atoms with van der Waals surface area (Å²) in [6, 6.07) is 6.16. The Hall–Kier alpha value is -1.39. The largest absolute Gasteiger partial charge is 0.441 e. The van der Waals surface area contributed by atoms with E-state index in [2.05, 4.69) is 22.4 Å². The summed E-state index contributed by atoms with van der Waals surface area (Å²) in [5.41, 5.74) is 8.78. The Morgan fingerprint density at radius 2 is 2.17 bits per heavy atom. The Kier molecular flexibility index (Phi) is 3.68. The first kappa shape index (κ1) is 13.1. The molecule has 4 nitrogen and oxygen atoms in total. The lowest BCUT2D eigenvalue weighted by Crippen LogP contribution is -2.43. The van der Waals surface area contributed by atoms with Crippen molar-refractivity contribution in [3.8, 4) is 0 Å². The van der Waals surface area contributed by atoms with Gasteiger partial charge < -0.3 is 15.5 Å². The first-order chi connectivity index (χ1) is 8.44. The van der Waals surface area contributed by atoms with Gasteiger partial charge >= 0.3 is 0 Å². The molecule has 0 saturated heterocycles. The van der Waals surface area contributed by atoms with Crippen LogP contribution in [0.25, 0.3) is 11.1 Å².